The third-order valence-electron chi connectivity index (χ3n) is 3.81. The molecule has 0 aromatic rings. The molecule has 0 radical (unpaired) electrons. The van der Waals surface area contributed by atoms with Gasteiger partial charge in [-0.2, -0.15) is 0 Å². The van der Waals surface area contributed by atoms with Crippen LogP contribution in [0.25, 0.3) is 0 Å². The van der Waals surface area contributed by atoms with Gasteiger partial charge in [-0.05, 0) is 38.5 Å². The van der Waals surface area contributed by atoms with Crippen LogP contribution in [0.2, 0.25) is 0 Å². The molecular weight excluding hydrogens is 216 g/mol. The van der Waals surface area contributed by atoms with Crippen LogP contribution >= 0.6 is 0 Å². The van der Waals surface area contributed by atoms with Crippen LogP contribution in [0.4, 0.5) is 4.79 Å². The van der Waals surface area contributed by atoms with Crippen molar-refractivity contribution in [1.29, 1.82) is 5.41 Å². The highest BCUT2D eigenvalue weighted by molar-refractivity contribution is 5.91. The third-order valence-corrected chi connectivity index (χ3v) is 3.81. The number of nitrogens with zero attached hydrogens (tertiary/aromatic N) is 1. The lowest BCUT2D eigenvalue weighted by Gasteiger charge is -2.39. The first kappa shape index (κ1) is 13.8. The maximum atomic E-state index is 11.9. The molecule has 0 aromatic heterocycles. The molecule has 0 saturated heterocycles. The van der Waals surface area contributed by atoms with Crippen LogP contribution in [0.5, 0.6) is 0 Å². The fourth-order valence-corrected chi connectivity index (χ4v) is 2.16. The average molecular weight is 240 g/mol. The molecule has 1 aliphatic carbocycles. The highest BCUT2D eigenvalue weighted by atomic mass is 16.2. The molecule has 17 heavy (non-hydrogen) atoms. The van der Waals surface area contributed by atoms with Crippen LogP contribution in [0, 0.1) is 11.3 Å². The number of carbonyl (C=O) groups excluding carboxylic acids is 1. The lowest BCUT2D eigenvalue weighted by Crippen LogP contribution is -2.60. The zero-order valence-electron chi connectivity index (χ0n) is 11.0. The number of urea groups is 1. The van der Waals surface area contributed by atoms with Gasteiger partial charge in [-0.25, -0.2) is 4.79 Å². The maximum absolute atomic E-state index is 11.9. The number of hydrogen-bond acceptors (Lipinski definition) is 2. The summed E-state index contributed by atoms with van der Waals surface area (Å²) in [5.74, 6) is 0.741. The summed E-state index contributed by atoms with van der Waals surface area (Å²) in [6.07, 6.45) is 3.56. The molecule has 98 valence electrons. The Morgan fingerprint density at radius 2 is 2.06 bits per heavy atom. The van der Waals surface area contributed by atoms with E-state index in [1.807, 2.05) is 6.92 Å². The van der Waals surface area contributed by atoms with Crippen LogP contribution < -0.4 is 11.1 Å². The highest BCUT2D eigenvalue weighted by Crippen LogP contribution is 2.31. The highest BCUT2D eigenvalue weighted by Gasteiger charge is 2.38. The van der Waals surface area contributed by atoms with Crippen molar-refractivity contribution in [3.63, 3.8) is 0 Å². The van der Waals surface area contributed by atoms with Gasteiger partial charge in [0.2, 0.25) is 0 Å². The van der Waals surface area contributed by atoms with Crippen molar-refractivity contribution in [2.24, 2.45) is 11.7 Å². The second-order valence-electron chi connectivity index (χ2n) is 5.12. The Labute approximate surface area is 103 Å². The third kappa shape index (κ3) is 3.11. The minimum atomic E-state index is -0.618. The predicted molar refractivity (Wildman–Crippen MR) is 69.1 cm³/mol. The van der Waals surface area contributed by atoms with Gasteiger partial charge in [0.05, 0.1) is 5.54 Å². The van der Waals surface area contributed by atoms with E-state index in [9.17, 15) is 4.79 Å². The quantitative estimate of drug-likeness (QED) is 0.516. The SMILES string of the molecule is CCN(C)C(=O)NC1(C(=N)N)CCC(C)CC1. The lowest BCUT2D eigenvalue weighted by atomic mass is 9.76. The molecule has 0 aromatic carbocycles. The zero-order chi connectivity index (χ0) is 13.1. The Bertz CT molecular complexity index is 295. The van der Waals surface area contributed by atoms with Crippen molar-refractivity contribution in [2.45, 2.75) is 45.1 Å². The van der Waals surface area contributed by atoms with Gasteiger partial charge in [0.15, 0.2) is 0 Å². The normalized spacial score (nSPS) is 28.5. The standard InChI is InChI=1S/C12H24N4O/c1-4-16(3)11(17)15-12(10(13)14)7-5-9(2)6-8-12/h9H,4-8H2,1-3H3,(H3,13,14)(H,15,17). The van der Waals surface area contributed by atoms with E-state index < -0.39 is 5.54 Å². The van der Waals surface area contributed by atoms with Crippen molar-refractivity contribution in [3.05, 3.63) is 0 Å². The smallest absolute Gasteiger partial charge is 0.317 e. The van der Waals surface area contributed by atoms with E-state index >= 15 is 0 Å². The van der Waals surface area contributed by atoms with Crippen molar-refractivity contribution >= 4 is 11.9 Å². The van der Waals surface area contributed by atoms with E-state index in [4.69, 9.17) is 11.1 Å². The van der Waals surface area contributed by atoms with Crippen molar-refractivity contribution in [1.82, 2.24) is 10.2 Å². The number of amides is 2. The van der Waals surface area contributed by atoms with Gasteiger partial charge in [0.25, 0.3) is 0 Å². The largest absolute Gasteiger partial charge is 0.386 e. The predicted octanol–water partition coefficient (Wildman–Crippen LogP) is 1.53. The second-order valence-corrected chi connectivity index (χ2v) is 5.12. The number of carbonyl (C=O) groups is 1. The molecule has 4 N–H and O–H groups in total. The zero-order valence-corrected chi connectivity index (χ0v) is 11.0. The molecule has 0 aliphatic heterocycles. The van der Waals surface area contributed by atoms with Gasteiger partial charge in [-0.15, -0.1) is 0 Å². The fraction of sp³-hybridized carbons (Fsp3) is 0.833. The summed E-state index contributed by atoms with van der Waals surface area (Å²) in [6.45, 7) is 4.77. The number of amidine groups is 1. The monoisotopic (exact) mass is 240 g/mol. The van der Waals surface area contributed by atoms with E-state index in [1.54, 1.807) is 11.9 Å². The second kappa shape index (κ2) is 5.38. The molecule has 2 amide bonds. The van der Waals surface area contributed by atoms with E-state index in [1.165, 1.54) is 0 Å². The van der Waals surface area contributed by atoms with Crippen LogP contribution in [0.15, 0.2) is 0 Å². The van der Waals surface area contributed by atoms with E-state index in [0.29, 0.717) is 12.5 Å². The van der Waals surface area contributed by atoms with Gasteiger partial charge < -0.3 is 16.0 Å². The van der Waals surface area contributed by atoms with E-state index in [2.05, 4.69) is 12.2 Å². The van der Waals surface area contributed by atoms with Gasteiger partial charge in [-0.1, -0.05) is 6.92 Å². The van der Waals surface area contributed by atoms with Gasteiger partial charge in [-0.3, -0.25) is 5.41 Å². The first-order valence-corrected chi connectivity index (χ1v) is 6.29. The van der Waals surface area contributed by atoms with Crippen molar-refractivity contribution < 1.29 is 4.79 Å². The Morgan fingerprint density at radius 1 is 1.53 bits per heavy atom. The molecular formula is C12H24N4O. The number of hydrogen-bond donors (Lipinski definition) is 3. The Kier molecular flexibility index (Phi) is 4.37. The summed E-state index contributed by atoms with van der Waals surface area (Å²) in [6, 6.07) is -0.141. The molecule has 0 bridgehead atoms. The molecule has 5 nitrogen and oxygen atoms in total. The summed E-state index contributed by atoms with van der Waals surface area (Å²) >= 11 is 0. The maximum Gasteiger partial charge on any atom is 0.317 e. The molecule has 0 heterocycles. The van der Waals surface area contributed by atoms with Crippen LogP contribution in [0.3, 0.4) is 0 Å². The molecule has 0 atom stereocenters. The summed E-state index contributed by atoms with van der Waals surface area (Å²) < 4.78 is 0. The molecule has 5 heteroatoms. The van der Waals surface area contributed by atoms with Crippen LogP contribution in [-0.2, 0) is 0 Å². The Hall–Kier alpha value is -1.26. The molecule has 1 fully saturated rings. The number of nitrogens with two attached hydrogens (primary N) is 1. The first-order chi connectivity index (χ1) is 7.91. The number of rotatable bonds is 3. The summed E-state index contributed by atoms with van der Waals surface area (Å²) in [4.78, 5) is 13.5. The van der Waals surface area contributed by atoms with Gasteiger partial charge in [0.1, 0.15) is 5.84 Å². The fourth-order valence-electron chi connectivity index (χ4n) is 2.16. The van der Waals surface area contributed by atoms with Crippen LogP contribution in [-0.4, -0.2) is 35.9 Å². The Balaban J connectivity index is 2.73. The number of nitrogens with one attached hydrogen (secondary N) is 2. The summed E-state index contributed by atoms with van der Waals surface area (Å²) in [7, 11) is 1.74. The molecule has 1 rings (SSSR count). The van der Waals surface area contributed by atoms with Crippen molar-refractivity contribution in [3.8, 4) is 0 Å². The first-order valence-electron chi connectivity index (χ1n) is 6.29. The topological polar surface area (TPSA) is 82.2 Å². The van der Waals surface area contributed by atoms with Gasteiger partial charge >= 0.3 is 6.03 Å². The van der Waals surface area contributed by atoms with Crippen LogP contribution in [0.1, 0.15) is 39.5 Å². The molecule has 1 saturated carbocycles. The van der Waals surface area contributed by atoms with E-state index in [0.717, 1.165) is 25.7 Å². The molecule has 0 spiro atoms. The average Bonchev–Trinajstić information content (AvgIpc) is 2.30. The minimum Gasteiger partial charge on any atom is -0.386 e. The van der Waals surface area contributed by atoms with Crippen molar-refractivity contribution in [2.75, 3.05) is 13.6 Å². The summed E-state index contributed by atoms with van der Waals surface area (Å²) in [5.41, 5.74) is 5.07. The van der Waals surface area contributed by atoms with E-state index in [-0.39, 0.29) is 11.9 Å². The Morgan fingerprint density at radius 3 is 2.47 bits per heavy atom. The molecule has 1 aliphatic rings. The minimum absolute atomic E-state index is 0.0854. The van der Waals surface area contributed by atoms with Gasteiger partial charge in [0, 0.05) is 13.6 Å². The lowest BCUT2D eigenvalue weighted by molar-refractivity contribution is 0.189. The molecule has 0 unspecified atom stereocenters. The summed E-state index contributed by atoms with van der Waals surface area (Å²) in [5, 5.41) is 10.7.